The summed E-state index contributed by atoms with van der Waals surface area (Å²) in [6, 6.07) is 8.08. The molecule has 2 amide bonds. The van der Waals surface area contributed by atoms with E-state index in [2.05, 4.69) is 10.6 Å². The quantitative estimate of drug-likeness (QED) is 0.537. The molecule has 2 aromatic carbocycles. The third kappa shape index (κ3) is 5.65. The molecule has 0 fully saturated rings. The number of carbonyl (C=O) groups is 2. The van der Waals surface area contributed by atoms with Crippen molar-refractivity contribution in [1.82, 2.24) is 0 Å². The van der Waals surface area contributed by atoms with E-state index >= 15 is 0 Å². The van der Waals surface area contributed by atoms with Crippen molar-refractivity contribution < 1.29 is 33.6 Å². The first kappa shape index (κ1) is 22.6. The summed E-state index contributed by atoms with van der Waals surface area (Å²) in [5.41, 5.74) is 1.31. The third-order valence-electron chi connectivity index (χ3n) is 4.04. The van der Waals surface area contributed by atoms with Crippen LogP contribution < -0.4 is 29.6 Å². The molecular formula is C21H24N2O7. The second-order valence-corrected chi connectivity index (χ2v) is 5.89. The molecule has 0 atom stereocenters. The molecule has 0 aromatic heterocycles. The molecule has 2 aromatic rings. The summed E-state index contributed by atoms with van der Waals surface area (Å²) in [6.45, 7) is -0.673. The van der Waals surface area contributed by atoms with Gasteiger partial charge in [-0.2, -0.15) is 0 Å². The summed E-state index contributed by atoms with van der Waals surface area (Å²) in [6.07, 6.45) is 2.88. The Morgan fingerprint density at radius 2 is 1.53 bits per heavy atom. The Bertz CT molecular complexity index is 916. The molecule has 0 saturated carbocycles. The molecule has 0 aliphatic heterocycles. The van der Waals surface area contributed by atoms with Crippen LogP contribution in [-0.4, -0.2) is 52.0 Å². The number of benzene rings is 2. The van der Waals surface area contributed by atoms with Gasteiger partial charge in [-0.3, -0.25) is 9.59 Å². The van der Waals surface area contributed by atoms with Gasteiger partial charge in [0, 0.05) is 23.9 Å². The third-order valence-corrected chi connectivity index (χ3v) is 4.04. The van der Waals surface area contributed by atoms with E-state index in [4.69, 9.17) is 24.1 Å². The zero-order valence-corrected chi connectivity index (χ0v) is 17.1. The fourth-order valence-electron chi connectivity index (χ4n) is 2.61. The van der Waals surface area contributed by atoms with Crippen molar-refractivity contribution in [3.8, 4) is 23.0 Å². The Kier molecular flexibility index (Phi) is 8.07. The molecule has 3 N–H and O–H groups in total. The van der Waals surface area contributed by atoms with Crippen LogP contribution in [0, 0.1) is 0 Å². The van der Waals surface area contributed by atoms with Crippen LogP contribution in [0.2, 0.25) is 0 Å². The Hall–Kier alpha value is -3.72. The summed E-state index contributed by atoms with van der Waals surface area (Å²) in [4.78, 5) is 23.9. The predicted octanol–water partition coefficient (Wildman–Crippen LogP) is 2.30. The minimum atomic E-state index is -0.673. The largest absolute Gasteiger partial charge is 0.496 e. The first-order valence-electron chi connectivity index (χ1n) is 8.83. The minimum absolute atomic E-state index is 0.317. The van der Waals surface area contributed by atoms with Gasteiger partial charge in [-0.25, -0.2) is 0 Å². The standard InChI is InChI=1S/C21H24N2O7/c1-27-14-10-18(29-3)15(19(11-14)30-4)6-8-20(25)22-13-5-7-17(28-2)16(9-13)23-21(26)12-24/h5-11,24H,12H2,1-4H3,(H,22,25)(H,23,26)/b8-6+. The van der Waals surface area contributed by atoms with Crippen LogP contribution in [0.25, 0.3) is 6.08 Å². The molecule has 0 radical (unpaired) electrons. The molecule has 0 saturated heterocycles. The number of anilines is 2. The fraction of sp³-hybridized carbons (Fsp3) is 0.238. The number of hydrogen-bond donors (Lipinski definition) is 3. The van der Waals surface area contributed by atoms with Gasteiger partial charge < -0.3 is 34.7 Å². The average Bonchev–Trinajstić information content (AvgIpc) is 2.77. The van der Waals surface area contributed by atoms with E-state index in [0.29, 0.717) is 39.9 Å². The van der Waals surface area contributed by atoms with Gasteiger partial charge >= 0.3 is 0 Å². The lowest BCUT2D eigenvalue weighted by molar-refractivity contribution is -0.118. The molecular weight excluding hydrogens is 392 g/mol. The molecule has 0 spiro atoms. The Morgan fingerprint density at radius 1 is 0.900 bits per heavy atom. The van der Waals surface area contributed by atoms with E-state index in [1.807, 2.05) is 0 Å². The van der Waals surface area contributed by atoms with Crippen molar-refractivity contribution in [1.29, 1.82) is 0 Å². The lowest BCUT2D eigenvalue weighted by Crippen LogP contribution is -2.16. The molecule has 9 nitrogen and oxygen atoms in total. The van der Waals surface area contributed by atoms with Crippen molar-refractivity contribution in [2.24, 2.45) is 0 Å². The molecule has 160 valence electrons. The first-order valence-corrected chi connectivity index (χ1v) is 8.83. The highest BCUT2D eigenvalue weighted by Crippen LogP contribution is 2.35. The Labute approximate surface area is 174 Å². The highest BCUT2D eigenvalue weighted by molar-refractivity contribution is 6.03. The smallest absolute Gasteiger partial charge is 0.250 e. The number of hydrogen-bond acceptors (Lipinski definition) is 7. The fourth-order valence-corrected chi connectivity index (χ4v) is 2.61. The zero-order valence-electron chi connectivity index (χ0n) is 17.1. The number of rotatable bonds is 9. The number of aliphatic hydroxyl groups is 1. The summed E-state index contributed by atoms with van der Waals surface area (Å²) in [5.74, 6) is 0.885. The highest BCUT2D eigenvalue weighted by atomic mass is 16.5. The maximum absolute atomic E-state index is 12.4. The van der Waals surface area contributed by atoms with Crippen LogP contribution in [0.4, 0.5) is 11.4 Å². The van der Waals surface area contributed by atoms with Gasteiger partial charge in [-0.1, -0.05) is 0 Å². The van der Waals surface area contributed by atoms with E-state index in [1.165, 1.54) is 40.6 Å². The normalized spacial score (nSPS) is 10.4. The topological polar surface area (TPSA) is 115 Å². The van der Waals surface area contributed by atoms with Gasteiger partial charge in [0.25, 0.3) is 0 Å². The average molecular weight is 416 g/mol. The van der Waals surface area contributed by atoms with Crippen LogP contribution >= 0.6 is 0 Å². The van der Waals surface area contributed by atoms with Crippen molar-refractivity contribution in [2.75, 3.05) is 45.7 Å². The van der Waals surface area contributed by atoms with Gasteiger partial charge in [0.1, 0.15) is 29.6 Å². The van der Waals surface area contributed by atoms with Gasteiger partial charge in [0.2, 0.25) is 11.8 Å². The van der Waals surface area contributed by atoms with E-state index in [-0.39, 0.29) is 0 Å². The van der Waals surface area contributed by atoms with Crippen LogP contribution in [-0.2, 0) is 9.59 Å². The van der Waals surface area contributed by atoms with Gasteiger partial charge in [-0.05, 0) is 24.3 Å². The summed E-state index contributed by atoms with van der Waals surface area (Å²) in [5, 5.41) is 14.1. The Balaban J connectivity index is 2.22. The van der Waals surface area contributed by atoms with Crippen LogP contribution in [0.3, 0.4) is 0 Å². The number of nitrogens with one attached hydrogen (secondary N) is 2. The number of methoxy groups -OCH3 is 4. The van der Waals surface area contributed by atoms with Gasteiger partial charge in [-0.15, -0.1) is 0 Å². The van der Waals surface area contributed by atoms with Crippen molar-refractivity contribution in [3.63, 3.8) is 0 Å². The molecule has 0 unspecified atom stereocenters. The molecule has 0 aliphatic carbocycles. The maximum atomic E-state index is 12.4. The van der Waals surface area contributed by atoms with E-state index in [1.54, 1.807) is 30.3 Å². The number of amides is 2. The summed E-state index contributed by atoms with van der Waals surface area (Å²) < 4.78 is 21.1. The molecule has 0 heterocycles. The summed E-state index contributed by atoms with van der Waals surface area (Å²) >= 11 is 0. The number of aliphatic hydroxyl groups excluding tert-OH is 1. The first-order chi connectivity index (χ1) is 14.4. The monoisotopic (exact) mass is 416 g/mol. The van der Waals surface area contributed by atoms with Gasteiger partial charge in [0.15, 0.2) is 0 Å². The zero-order chi connectivity index (χ0) is 22.1. The second-order valence-electron chi connectivity index (χ2n) is 5.89. The Morgan fingerprint density at radius 3 is 2.07 bits per heavy atom. The number of carbonyl (C=O) groups excluding carboxylic acids is 2. The van der Waals surface area contributed by atoms with Gasteiger partial charge in [0.05, 0.1) is 39.7 Å². The molecule has 0 bridgehead atoms. The molecule has 9 heteroatoms. The second kappa shape index (κ2) is 10.7. The maximum Gasteiger partial charge on any atom is 0.250 e. The van der Waals surface area contributed by atoms with Crippen LogP contribution in [0.1, 0.15) is 5.56 Å². The lowest BCUT2D eigenvalue weighted by Gasteiger charge is -2.13. The SMILES string of the molecule is COc1cc(OC)c(/C=C/C(=O)Nc2ccc(OC)c(NC(=O)CO)c2)c(OC)c1. The molecule has 2 rings (SSSR count). The van der Waals surface area contributed by atoms with Crippen molar-refractivity contribution >= 4 is 29.3 Å². The van der Waals surface area contributed by atoms with Crippen molar-refractivity contribution in [2.45, 2.75) is 0 Å². The molecule has 0 aliphatic rings. The number of ether oxygens (including phenoxy) is 4. The van der Waals surface area contributed by atoms with E-state index < -0.39 is 18.4 Å². The summed E-state index contributed by atoms with van der Waals surface area (Å²) in [7, 11) is 5.99. The van der Waals surface area contributed by atoms with Crippen LogP contribution in [0.5, 0.6) is 23.0 Å². The lowest BCUT2D eigenvalue weighted by atomic mass is 10.1. The van der Waals surface area contributed by atoms with E-state index in [0.717, 1.165) is 0 Å². The van der Waals surface area contributed by atoms with E-state index in [9.17, 15) is 9.59 Å². The van der Waals surface area contributed by atoms with Crippen molar-refractivity contribution in [3.05, 3.63) is 42.0 Å². The van der Waals surface area contributed by atoms with Crippen LogP contribution in [0.15, 0.2) is 36.4 Å². The predicted molar refractivity (Wildman–Crippen MR) is 112 cm³/mol. The minimum Gasteiger partial charge on any atom is -0.496 e. The molecule has 30 heavy (non-hydrogen) atoms. The highest BCUT2D eigenvalue weighted by Gasteiger charge is 2.12.